The van der Waals surface area contributed by atoms with Gasteiger partial charge in [0.1, 0.15) is 0 Å². The first-order valence-electron chi connectivity index (χ1n) is 8.93. The quantitative estimate of drug-likeness (QED) is 0.849. The fraction of sp³-hybridized carbons (Fsp3) is 0.611. The van der Waals surface area contributed by atoms with Crippen molar-refractivity contribution in [1.82, 2.24) is 14.5 Å². The van der Waals surface area contributed by atoms with Crippen LogP contribution < -0.4 is 5.32 Å². The molecule has 2 aliphatic rings. The van der Waals surface area contributed by atoms with Crippen LogP contribution in [0.4, 0.5) is 0 Å². The summed E-state index contributed by atoms with van der Waals surface area (Å²) in [5.74, 6) is 0.0734. The molecule has 2 aliphatic heterocycles. The molecule has 1 aromatic carbocycles. The highest BCUT2D eigenvalue weighted by atomic mass is 32.2. The summed E-state index contributed by atoms with van der Waals surface area (Å²) < 4.78 is 27.8. The average Bonchev–Trinajstić information content (AvgIpc) is 2.79. The van der Waals surface area contributed by atoms with Gasteiger partial charge in [0.2, 0.25) is 15.9 Å². The summed E-state index contributed by atoms with van der Waals surface area (Å²) in [6.45, 7) is 8.04. The second-order valence-electron chi connectivity index (χ2n) is 7.04. The number of sulfonamides is 1. The van der Waals surface area contributed by atoms with E-state index in [0.29, 0.717) is 37.5 Å². The topological polar surface area (TPSA) is 69.7 Å². The number of hydrogen-bond acceptors (Lipinski definition) is 4. The van der Waals surface area contributed by atoms with Gasteiger partial charge in [0.05, 0.1) is 4.90 Å². The lowest BCUT2D eigenvalue weighted by Crippen LogP contribution is -2.57. The molecule has 3 rings (SSSR count). The van der Waals surface area contributed by atoms with Crippen molar-refractivity contribution in [2.75, 3.05) is 26.2 Å². The van der Waals surface area contributed by atoms with Crippen LogP contribution in [0.5, 0.6) is 0 Å². The van der Waals surface area contributed by atoms with Gasteiger partial charge in [0.15, 0.2) is 0 Å². The van der Waals surface area contributed by atoms with Crippen LogP contribution in [0.3, 0.4) is 0 Å². The molecule has 1 aromatic rings. The first kappa shape index (κ1) is 18.4. The van der Waals surface area contributed by atoms with E-state index >= 15 is 0 Å². The Labute approximate surface area is 150 Å². The van der Waals surface area contributed by atoms with Crippen molar-refractivity contribution in [1.29, 1.82) is 0 Å². The molecule has 1 saturated heterocycles. The number of piperazine rings is 1. The molecule has 1 fully saturated rings. The molecule has 25 heavy (non-hydrogen) atoms. The average molecular weight is 365 g/mol. The minimum absolute atomic E-state index is 0.0734. The van der Waals surface area contributed by atoms with Crippen LogP contribution in [0.15, 0.2) is 23.1 Å². The molecule has 1 amide bonds. The van der Waals surface area contributed by atoms with Crippen molar-refractivity contribution in [3.05, 3.63) is 29.3 Å². The van der Waals surface area contributed by atoms with Gasteiger partial charge in [-0.3, -0.25) is 4.79 Å². The van der Waals surface area contributed by atoms with E-state index in [9.17, 15) is 13.2 Å². The van der Waals surface area contributed by atoms with Crippen molar-refractivity contribution in [2.45, 2.75) is 50.6 Å². The standard InChI is InChI=1S/C18H27N3O3S/c1-13-14(2)21(11-8-19-13)25(23,24)18-5-4-16-6-9-20(15(3)22)10-7-17(16)12-18/h4-5,12-14,19H,6-11H2,1-3H3. The maximum atomic E-state index is 13.1. The Morgan fingerprint density at radius 1 is 1.12 bits per heavy atom. The summed E-state index contributed by atoms with van der Waals surface area (Å²) in [7, 11) is -3.51. The minimum atomic E-state index is -3.51. The number of amides is 1. The number of carbonyl (C=O) groups excluding carboxylic acids is 1. The molecule has 0 aliphatic carbocycles. The van der Waals surface area contributed by atoms with Crippen molar-refractivity contribution < 1.29 is 13.2 Å². The molecule has 0 saturated carbocycles. The van der Waals surface area contributed by atoms with E-state index in [1.165, 1.54) is 0 Å². The number of fused-ring (bicyclic) bond motifs is 1. The Kier molecular flexibility index (Phi) is 5.18. The molecule has 0 bridgehead atoms. The van der Waals surface area contributed by atoms with Gasteiger partial charge >= 0.3 is 0 Å². The zero-order valence-electron chi connectivity index (χ0n) is 15.2. The lowest BCUT2D eigenvalue weighted by Gasteiger charge is -2.37. The molecule has 0 aromatic heterocycles. The highest BCUT2D eigenvalue weighted by Crippen LogP contribution is 2.25. The molecule has 6 nitrogen and oxygen atoms in total. The second-order valence-corrected chi connectivity index (χ2v) is 8.93. The third-order valence-electron chi connectivity index (χ3n) is 5.51. The Balaban J connectivity index is 1.88. The molecule has 138 valence electrons. The summed E-state index contributed by atoms with van der Waals surface area (Å²) in [5.41, 5.74) is 2.19. The van der Waals surface area contributed by atoms with E-state index in [0.717, 1.165) is 17.5 Å². The van der Waals surface area contributed by atoms with Crippen LogP contribution >= 0.6 is 0 Å². The third-order valence-corrected chi connectivity index (χ3v) is 7.49. The lowest BCUT2D eigenvalue weighted by atomic mass is 10.0. The van der Waals surface area contributed by atoms with Gasteiger partial charge in [-0.25, -0.2) is 8.42 Å². The highest BCUT2D eigenvalue weighted by Gasteiger charge is 2.34. The number of hydrogen-bond donors (Lipinski definition) is 1. The molecule has 2 heterocycles. The van der Waals surface area contributed by atoms with Crippen molar-refractivity contribution >= 4 is 15.9 Å². The van der Waals surface area contributed by atoms with E-state index in [2.05, 4.69) is 5.32 Å². The van der Waals surface area contributed by atoms with E-state index < -0.39 is 10.0 Å². The zero-order valence-corrected chi connectivity index (χ0v) is 16.0. The van der Waals surface area contributed by atoms with Crippen molar-refractivity contribution in [2.24, 2.45) is 0 Å². The molecular formula is C18H27N3O3S. The first-order chi connectivity index (χ1) is 11.8. The van der Waals surface area contributed by atoms with Crippen LogP contribution in [0.1, 0.15) is 31.9 Å². The molecule has 0 radical (unpaired) electrons. The van der Waals surface area contributed by atoms with Gasteiger partial charge in [-0.15, -0.1) is 0 Å². The van der Waals surface area contributed by atoms with Gasteiger partial charge in [0.25, 0.3) is 0 Å². The Morgan fingerprint density at radius 3 is 2.48 bits per heavy atom. The third kappa shape index (κ3) is 3.59. The molecule has 0 spiro atoms. The van der Waals surface area contributed by atoms with Crippen LogP contribution in [0, 0.1) is 0 Å². The Hall–Kier alpha value is -1.44. The van der Waals surface area contributed by atoms with E-state index in [1.807, 2.05) is 30.9 Å². The smallest absolute Gasteiger partial charge is 0.243 e. The number of nitrogens with one attached hydrogen (secondary N) is 1. The van der Waals surface area contributed by atoms with Gasteiger partial charge in [-0.1, -0.05) is 6.07 Å². The largest absolute Gasteiger partial charge is 0.342 e. The van der Waals surface area contributed by atoms with Crippen LogP contribution in [0.2, 0.25) is 0 Å². The maximum Gasteiger partial charge on any atom is 0.243 e. The molecular weight excluding hydrogens is 338 g/mol. The number of nitrogens with zero attached hydrogens (tertiary/aromatic N) is 2. The van der Waals surface area contributed by atoms with Gasteiger partial charge in [0, 0.05) is 45.2 Å². The maximum absolute atomic E-state index is 13.1. The van der Waals surface area contributed by atoms with E-state index in [1.54, 1.807) is 17.3 Å². The monoisotopic (exact) mass is 365 g/mol. The van der Waals surface area contributed by atoms with Crippen molar-refractivity contribution in [3.8, 4) is 0 Å². The highest BCUT2D eigenvalue weighted by molar-refractivity contribution is 7.89. The molecule has 2 unspecified atom stereocenters. The van der Waals surface area contributed by atoms with Crippen molar-refractivity contribution in [3.63, 3.8) is 0 Å². The molecule has 1 N–H and O–H groups in total. The predicted molar refractivity (Wildman–Crippen MR) is 96.9 cm³/mol. The summed E-state index contributed by atoms with van der Waals surface area (Å²) in [6.07, 6.45) is 1.47. The van der Waals surface area contributed by atoms with E-state index in [-0.39, 0.29) is 18.0 Å². The minimum Gasteiger partial charge on any atom is -0.342 e. The fourth-order valence-corrected chi connectivity index (χ4v) is 5.43. The number of carbonyl (C=O) groups is 1. The first-order valence-corrected chi connectivity index (χ1v) is 10.4. The summed E-state index contributed by atoms with van der Waals surface area (Å²) in [4.78, 5) is 13.8. The van der Waals surface area contributed by atoms with Crippen LogP contribution in [-0.2, 0) is 27.7 Å². The number of benzene rings is 1. The molecule has 2 atom stereocenters. The predicted octanol–water partition coefficient (Wildman–Crippen LogP) is 1.00. The SMILES string of the molecule is CC(=O)N1CCc2ccc(S(=O)(=O)N3CCNC(C)C3C)cc2CC1. The van der Waals surface area contributed by atoms with Gasteiger partial charge < -0.3 is 10.2 Å². The zero-order chi connectivity index (χ0) is 18.2. The summed E-state index contributed by atoms with van der Waals surface area (Å²) >= 11 is 0. The van der Waals surface area contributed by atoms with Crippen LogP contribution in [-0.4, -0.2) is 61.8 Å². The Morgan fingerprint density at radius 2 is 1.80 bits per heavy atom. The van der Waals surface area contributed by atoms with Gasteiger partial charge in [-0.05, 0) is 49.9 Å². The molecule has 7 heteroatoms. The Bertz CT molecular complexity index is 763. The second kappa shape index (κ2) is 7.05. The van der Waals surface area contributed by atoms with Crippen LogP contribution in [0.25, 0.3) is 0 Å². The van der Waals surface area contributed by atoms with Gasteiger partial charge in [-0.2, -0.15) is 4.31 Å². The fourth-order valence-electron chi connectivity index (χ4n) is 3.68. The van der Waals surface area contributed by atoms with E-state index in [4.69, 9.17) is 0 Å². The summed E-state index contributed by atoms with van der Waals surface area (Å²) in [5, 5.41) is 3.32. The number of rotatable bonds is 2. The normalized spacial score (nSPS) is 25.3. The summed E-state index contributed by atoms with van der Waals surface area (Å²) in [6, 6.07) is 5.51. The lowest BCUT2D eigenvalue weighted by molar-refractivity contribution is -0.128.